The molecule has 2 saturated heterocycles. The van der Waals surface area contributed by atoms with Crippen LogP contribution in [0.25, 0.3) is 0 Å². The van der Waals surface area contributed by atoms with Gasteiger partial charge in [-0.2, -0.15) is 0 Å². The number of amides is 2. The highest BCUT2D eigenvalue weighted by Crippen LogP contribution is 2.26. The summed E-state index contributed by atoms with van der Waals surface area (Å²) < 4.78 is 0. The summed E-state index contributed by atoms with van der Waals surface area (Å²) in [6.07, 6.45) is 6.23. The van der Waals surface area contributed by atoms with Crippen LogP contribution in [-0.4, -0.2) is 41.2 Å². The molecule has 0 aromatic heterocycles. The molecule has 2 amide bonds. The average molecular weight is 420 g/mol. The van der Waals surface area contributed by atoms with Crippen molar-refractivity contribution in [2.24, 2.45) is 0 Å². The number of hydrogen-bond acceptors (Lipinski definition) is 3. The van der Waals surface area contributed by atoms with Gasteiger partial charge in [-0.25, -0.2) is 0 Å². The van der Waals surface area contributed by atoms with Crippen LogP contribution in [0.15, 0.2) is 54.6 Å². The molecule has 2 aliphatic rings. The molecule has 2 fully saturated rings. The molecule has 164 valence electrons. The van der Waals surface area contributed by atoms with E-state index in [1.165, 1.54) is 24.8 Å². The predicted octanol–water partition coefficient (Wildman–Crippen LogP) is 4.04. The standard InChI is InChI=1S/C26H33N3O2/c30-24-15-7-10-18-29(24)25(21-11-3-1-4-12-21)26(31)27-19-22-13-5-6-14-23(22)20-28-16-8-2-9-17-28/h1,3-6,11-14,25H,2,7-10,15-20H2,(H,27,31). The Hall–Kier alpha value is -2.66. The van der Waals surface area contributed by atoms with Gasteiger partial charge in [-0.3, -0.25) is 14.5 Å². The number of benzene rings is 2. The minimum Gasteiger partial charge on any atom is -0.350 e. The van der Waals surface area contributed by atoms with E-state index in [9.17, 15) is 9.59 Å². The van der Waals surface area contributed by atoms with Crippen molar-refractivity contribution in [3.8, 4) is 0 Å². The Morgan fingerprint density at radius 3 is 2.26 bits per heavy atom. The molecule has 0 aliphatic carbocycles. The number of carbonyl (C=O) groups excluding carboxylic acids is 2. The van der Waals surface area contributed by atoms with Gasteiger partial charge in [0.15, 0.2) is 0 Å². The van der Waals surface area contributed by atoms with Crippen LogP contribution in [0.4, 0.5) is 0 Å². The second-order valence-electron chi connectivity index (χ2n) is 8.68. The normalized spacial score (nSPS) is 18.6. The zero-order chi connectivity index (χ0) is 21.5. The van der Waals surface area contributed by atoms with Crippen molar-refractivity contribution in [2.45, 2.75) is 57.7 Å². The number of likely N-dealkylation sites (tertiary alicyclic amines) is 2. The molecular formula is C26H33N3O2. The Morgan fingerprint density at radius 1 is 0.839 bits per heavy atom. The zero-order valence-corrected chi connectivity index (χ0v) is 18.3. The maximum atomic E-state index is 13.3. The van der Waals surface area contributed by atoms with Crippen LogP contribution in [-0.2, 0) is 22.7 Å². The third-order valence-electron chi connectivity index (χ3n) is 6.45. The molecule has 2 heterocycles. The van der Waals surface area contributed by atoms with Crippen LogP contribution in [0.3, 0.4) is 0 Å². The number of nitrogens with zero attached hydrogens (tertiary/aromatic N) is 2. The number of carbonyl (C=O) groups is 2. The third kappa shape index (κ3) is 5.53. The highest BCUT2D eigenvalue weighted by Gasteiger charge is 2.32. The van der Waals surface area contributed by atoms with Gasteiger partial charge in [0, 0.05) is 26.1 Å². The van der Waals surface area contributed by atoms with Gasteiger partial charge >= 0.3 is 0 Å². The van der Waals surface area contributed by atoms with Crippen LogP contribution in [0.2, 0.25) is 0 Å². The molecule has 31 heavy (non-hydrogen) atoms. The minimum atomic E-state index is -0.566. The Balaban J connectivity index is 1.47. The molecule has 2 aromatic carbocycles. The number of nitrogens with one attached hydrogen (secondary N) is 1. The highest BCUT2D eigenvalue weighted by atomic mass is 16.2. The summed E-state index contributed by atoms with van der Waals surface area (Å²) in [5.74, 6) is -0.0324. The van der Waals surface area contributed by atoms with Crippen molar-refractivity contribution in [1.29, 1.82) is 0 Å². The molecule has 0 saturated carbocycles. The van der Waals surface area contributed by atoms with Crippen LogP contribution in [0, 0.1) is 0 Å². The molecule has 0 bridgehead atoms. The van der Waals surface area contributed by atoms with E-state index in [-0.39, 0.29) is 11.8 Å². The first-order valence-electron chi connectivity index (χ1n) is 11.6. The minimum absolute atomic E-state index is 0.0701. The van der Waals surface area contributed by atoms with Gasteiger partial charge in [-0.15, -0.1) is 0 Å². The van der Waals surface area contributed by atoms with Gasteiger partial charge in [0.25, 0.3) is 0 Å². The van der Waals surface area contributed by atoms with Crippen LogP contribution in [0.5, 0.6) is 0 Å². The lowest BCUT2D eigenvalue weighted by Crippen LogP contribution is -2.45. The fourth-order valence-electron chi connectivity index (χ4n) is 4.73. The second kappa shape index (κ2) is 10.6. The van der Waals surface area contributed by atoms with Crippen LogP contribution < -0.4 is 5.32 Å². The van der Waals surface area contributed by atoms with E-state index < -0.39 is 6.04 Å². The SMILES string of the molecule is O=C(NCc1ccccc1CN1CCCCC1)C(c1ccccc1)N1CCCCC1=O. The molecule has 5 heteroatoms. The molecule has 1 N–H and O–H groups in total. The Morgan fingerprint density at radius 2 is 1.52 bits per heavy atom. The monoisotopic (exact) mass is 419 g/mol. The highest BCUT2D eigenvalue weighted by molar-refractivity contribution is 5.89. The predicted molar refractivity (Wildman–Crippen MR) is 122 cm³/mol. The van der Waals surface area contributed by atoms with Crippen molar-refractivity contribution in [3.05, 3.63) is 71.3 Å². The second-order valence-corrected chi connectivity index (χ2v) is 8.68. The van der Waals surface area contributed by atoms with Crippen molar-refractivity contribution < 1.29 is 9.59 Å². The van der Waals surface area contributed by atoms with Crippen molar-refractivity contribution >= 4 is 11.8 Å². The third-order valence-corrected chi connectivity index (χ3v) is 6.45. The van der Waals surface area contributed by atoms with Crippen molar-refractivity contribution in [2.75, 3.05) is 19.6 Å². The number of rotatable bonds is 7. The van der Waals surface area contributed by atoms with E-state index in [4.69, 9.17) is 0 Å². The summed E-state index contributed by atoms with van der Waals surface area (Å²) in [6, 6.07) is 17.5. The van der Waals surface area contributed by atoms with Crippen molar-refractivity contribution in [3.63, 3.8) is 0 Å². The molecule has 2 aromatic rings. The van der Waals surface area contributed by atoms with Gasteiger partial charge in [0.2, 0.25) is 11.8 Å². The molecular weight excluding hydrogens is 386 g/mol. The summed E-state index contributed by atoms with van der Waals surface area (Å²) in [7, 11) is 0. The van der Waals surface area contributed by atoms with Crippen LogP contribution in [0.1, 0.15) is 61.3 Å². The first kappa shape index (κ1) is 21.6. The summed E-state index contributed by atoms with van der Waals surface area (Å²) in [5.41, 5.74) is 3.30. The summed E-state index contributed by atoms with van der Waals surface area (Å²) in [6.45, 7) is 4.34. The Kier molecular flexibility index (Phi) is 7.36. The molecule has 1 unspecified atom stereocenters. The fourth-order valence-corrected chi connectivity index (χ4v) is 4.73. The maximum absolute atomic E-state index is 13.3. The van der Waals surface area contributed by atoms with Gasteiger partial charge < -0.3 is 10.2 Å². The van der Waals surface area contributed by atoms with E-state index in [1.807, 2.05) is 36.4 Å². The van der Waals surface area contributed by atoms with E-state index >= 15 is 0 Å². The lowest BCUT2D eigenvalue weighted by Gasteiger charge is -2.34. The molecule has 5 nitrogen and oxygen atoms in total. The lowest BCUT2D eigenvalue weighted by atomic mass is 10.00. The Bertz CT molecular complexity index is 877. The molecule has 0 spiro atoms. The molecule has 4 rings (SSSR count). The summed E-state index contributed by atoms with van der Waals surface area (Å²) >= 11 is 0. The molecule has 0 radical (unpaired) electrons. The summed E-state index contributed by atoms with van der Waals surface area (Å²) in [5, 5.41) is 3.14. The van der Waals surface area contributed by atoms with Gasteiger partial charge in [0.05, 0.1) is 0 Å². The zero-order valence-electron chi connectivity index (χ0n) is 18.3. The van der Waals surface area contributed by atoms with Gasteiger partial charge in [0.1, 0.15) is 6.04 Å². The first-order chi connectivity index (χ1) is 15.2. The lowest BCUT2D eigenvalue weighted by molar-refractivity contribution is -0.142. The maximum Gasteiger partial charge on any atom is 0.247 e. The van der Waals surface area contributed by atoms with Crippen LogP contribution >= 0.6 is 0 Å². The fraction of sp³-hybridized carbons (Fsp3) is 0.462. The van der Waals surface area contributed by atoms with Crippen molar-refractivity contribution in [1.82, 2.24) is 15.1 Å². The van der Waals surface area contributed by atoms with E-state index in [0.29, 0.717) is 19.5 Å². The molecule has 1 atom stereocenters. The Labute approximate surface area is 185 Å². The van der Waals surface area contributed by atoms with Gasteiger partial charge in [-0.1, -0.05) is 61.0 Å². The smallest absolute Gasteiger partial charge is 0.247 e. The van der Waals surface area contributed by atoms with E-state index in [2.05, 4.69) is 28.4 Å². The summed E-state index contributed by atoms with van der Waals surface area (Å²) in [4.78, 5) is 30.2. The quantitative estimate of drug-likeness (QED) is 0.737. The van der Waals surface area contributed by atoms with Gasteiger partial charge in [-0.05, 0) is 55.5 Å². The topological polar surface area (TPSA) is 52.7 Å². The molecule has 2 aliphatic heterocycles. The van der Waals surface area contributed by atoms with E-state index in [0.717, 1.165) is 43.6 Å². The van der Waals surface area contributed by atoms with E-state index in [1.54, 1.807) is 4.90 Å². The number of piperidine rings is 2. The number of hydrogen-bond donors (Lipinski definition) is 1. The first-order valence-corrected chi connectivity index (χ1v) is 11.6. The largest absolute Gasteiger partial charge is 0.350 e. The average Bonchev–Trinajstić information content (AvgIpc) is 2.81.